The Kier molecular flexibility index (Phi) is 2.93. The number of hydrogen-bond donors (Lipinski definition) is 2. The fraction of sp³-hybridized carbons (Fsp3) is 0.667. The molecule has 0 saturated carbocycles. The van der Waals surface area contributed by atoms with E-state index in [0.29, 0.717) is 0 Å². The normalized spacial score (nSPS) is 25.8. The summed E-state index contributed by atoms with van der Waals surface area (Å²) < 4.78 is 0. The Hall–Kier alpha value is -0.450. The van der Waals surface area contributed by atoms with Crippen LogP contribution in [-0.2, 0) is 0 Å². The van der Waals surface area contributed by atoms with Crippen LogP contribution in [0.4, 0.5) is 0 Å². The van der Waals surface area contributed by atoms with Crippen LogP contribution in [0.15, 0.2) is 10.9 Å². The minimum Gasteiger partial charge on any atom is -0.385 e. The van der Waals surface area contributed by atoms with Gasteiger partial charge in [-0.25, -0.2) is 4.98 Å². The predicted octanol–water partition coefficient (Wildman–Crippen LogP) is 1.32. The molecule has 1 fully saturated rings. The van der Waals surface area contributed by atoms with Gasteiger partial charge >= 0.3 is 0 Å². The van der Waals surface area contributed by atoms with Gasteiger partial charge in [-0.15, -0.1) is 11.3 Å². The Bertz CT molecular complexity index is 244. The molecule has 0 aromatic carbocycles. The summed E-state index contributed by atoms with van der Waals surface area (Å²) in [7, 11) is 0. The van der Waals surface area contributed by atoms with Gasteiger partial charge in [0, 0.05) is 11.4 Å². The Morgan fingerprint density at radius 1 is 1.62 bits per heavy atom. The van der Waals surface area contributed by atoms with Crippen molar-refractivity contribution in [3.63, 3.8) is 0 Å². The first-order valence-electron chi connectivity index (χ1n) is 4.67. The number of aromatic nitrogens is 1. The topological polar surface area (TPSA) is 45.2 Å². The maximum Gasteiger partial charge on any atom is 0.112 e. The van der Waals surface area contributed by atoms with E-state index in [1.54, 1.807) is 5.51 Å². The number of aliphatic hydroxyl groups excluding tert-OH is 1. The lowest BCUT2D eigenvalue weighted by Gasteiger charge is -2.26. The van der Waals surface area contributed by atoms with Gasteiger partial charge in [0.15, 0.2) is 0 Å². The fourth-order valence-corrected chi connectivity index (χ4v) is 2.31. The first-order chi connectivity index (χ1) is 6.38. The van der Waals surface area contributed by atoms with E-state index < -0.39 is 6.10 Å². The molecule has 13 heavy (non-hydrogen) atoms. The zero-order valence-corrected chi connectivity index (χ0v) is 8.26. The standard InChI is InChI=1S/C9H14N2OS/c12-9(8-5-13-6-11-8)7-3-1-2-4-10-7/h5-7,9-10,12H,1-4H2. The van der Waals surface area contributed by atoms with Gasteiger partial charge in [0.2, 0.25) is 0 Å². The van der Waals surface area contributed by atoms with Crippen LogP contribution in [-0.4, -0.2) is 22.7 Å². The molecule has 2 heterocycles. The van der Waals surface area contributed by atoms with Gasteiger partial charge in [0.05, 0.1) is 11.2 Å². The summed E-state index contributed by atoms with van der Waals surface area (Å²) in [5.41, 5.74) is 2.57. The molecule has 0 spiro atoms. The smallest absolute Gasteiger partial charge is 0.112 e. The highest BCUT2D eigenvalue weighted by atomic mass is 32.1. The second-order valence-corrected chi connectivity index (χ2v) is 4.13. The first-order valence-corrected chi connectivity index (χ1v) is 5.62. The van der Waals surface area contributed by atoms with Crippen molar-refractivity contribution in [2.24, 2.45) is 0 Å². The number of nitrogens with zero attached hydrogens (tertiary/aromatic N) is 1. The molecule has 2 unspecified atom stereocenters. The van der Waals surface area contributed by atoms with Gasteiger partial charge in [-0.1, -0.05) is 6.42 Å². The molecular weight excluding hydrogens is 184 g/mol. The van der Waals surface area contributed by atoms with Gasteiger partial charge in [0.25, 0.3) is 0 Å². The predicted molar refractivity (Wildman–Crippen MR) is 52.7 cm³/mol. The van der Waals surface area contributed by atoms with Gasteiger partial charge in [-0.05, 0) is 19.4 Å². The van der Waals surface area contributed by atoms with Crippen LogP contribution in [0.1, 0.15) is 31.1 Å². The summed E-state index contributed by atoms with van der Waals surface area (Å²) in [6.45, 7) is 1.02. The van der Waals surface area contributed by atoms with Crippen molar-refractivity contribution >= 4 is 11.3 Å². The van der Waals surface area contributed by atoms with Crippen molar-refractivity contribution in [3.05, 3.63) is 16.6 Å². The van der Waals surface area contributed by atoms with Crippen molar-refractivity contribution in [1.82, 2.24) is 10.3 Å². The molecule has 0 bridgehead atoms. The molecule has 2 N–H and O–H groups in total. The lowest BCUT2D eigenvalue weighted by Crippen LogP contribution is -2.38. The molecule has 1 saturated heterocycles. The number of nitrogens with one attached hydrogen (secondary N) is 1. The molecule has 0 amide bonds. The Morgan fingerprint density at radius 3 is 3.15 bits per heavy atom. The number of hydrogen-bond acceptors (Lipinski definition) is 4. The molecule has 0 aliphatic carbocycles. The Morgan fingerprint density at radius 2 is 2.54 bits per heavy atom. The number of piperidine rings is 1. The third kappa shape index (κ3) is 2.07. The molecule has 0 radical (unpaired) electrons. The highest BCUT2D eigenvalue weighted by Gasteiger charge is 2.23. The third-order valence-corrected chi connectivity index (χ3v) is 3.09. The monoisotopic (exact) mass is 198 g/mol. The number of rotatable bonds is 2. The van der Waals surface area contributed by atoms with Crippen LogP contribution in [0.2, 0.25) is 0 Å². The number of thiazole rings is 1. The highest BCUT2D eigenvalue weighted by molar-refractivity contribution is 7.07. The average molecular weight is 198 g/mol. The average Bonchev–Trinajstić information content (AvgIpc) is 2.71. The maximum atomic E-state index is 9.92. The molecule has 4 heteroatoms. The van der Waals surface area contributed by atoms with E-state index in [1.165, 1.54) is 24.2 Å². The van der Waals surface area contributed by atoms with Gasteiger partial charge in [-0.3, -0.25) is 0 Å². The van der Waals surface area contributed by atoms with Crippen molar-refractivity contribution < 1.29 is 5.11 Å². The van der Waals surface area contributed by atoms with Crippen LogP contribution in [0, 0.1) is 0 Å². The van der Waals surface area contributed by atoms with E-state index >= 15 is 0 Å². The van der Waals surface area contributed by atoms with Crippen LogP contribution < -0.4 is 5.32 Å². The van der Waals surface area contributed by atoms with Crippen molar-refractivity contribution in [2.45, 2.75) is 31.4 Å². The molecular formula is C9H14N2OS. The molecule has 72 valence electrons. The van der Waals surface area contributed by atoms with Crippen LogP contribution in [0.5, 0.6) is 0 Å². The highest BCUT2D eigenvalue weighted by Crippen LogP contribution is 2.22. The SMILES string of the molecule is OC(c1cscn1)C1CCCCN1. The zero-order chi connectivity index (χ0) is 9.10. The first kappa shape index (κ1) is 9.12. The van der Waals surface area contributed by atoms with Gasteiger partial charge < -0.3 is 10.4 Å². The van der Waals surface area contributed by atoms with Crippen molar-refractivity contribution in [3.8, 4) is 0 Å². The summed E-state index contributed by atoms with van der Waals surface area (Å²) in [5, 5.41) is 15.2. The van der Waals surface area contributed by atoms with E-state index in [4.69, 9.17) is 0 Å². The van der Waals surface area contributed by atoms with E-state index in [9.17, 15) is 5.11 Å². The molecule has 2 atom stereocenters. The van der Waals surface area contributed by atoms with E-state index in [2.05, 4.69) is 10.3 Å². The second-order valence-electron chi connectivity index (χ2n) is 3.41. The molecule has 1 aromatic heterocycles. The molecule has 1 aliphatic rings. The quantitative estimate of drug-likeness (QED) is 0.753. The Labute approximate surface area is 81.8 Å². The summed E-state index contributed by atoms with van der Waals surface area (Å²) in [6.07, 6.45) is 3.06. The molecule has 3 nitrogen and oxygen atoms in total. The van der Waals surface area contributed by atoms with Crippen molar-refractivity contribution in [2.75, 3.05) is 6.54 Å². The zero-order valence-electron chi connectivity index (χ0n) is 7.44. The van der Waals surface area contributed by atoms with E-state index in [-0.39, 0.29) is 6.04 Å². The Balaban J connectivity index is 1.99. The van der Waals surface area contributed by atoms with Crippen LogP contribution in [0.3, 0.4) is 0 Å². The summed E-state index contributed by atoms with van der Waals surface area (Å²) >= 11 is 1.53. The van der Waals surface area contributed by atoms with Gasteiger partial charge in [0.1, 0.15) is 6.10 Å². The minimum absolute atomic E-state index is 0.204. The van der Waals surface area contributed by atoms with Crippen LogP contribution in [0.25, 0.3) is 0 Å². The minimum atomic E-state index is -0.424. The van der Waals surface area contributed by atoms with Gasteiger partial charge in [-0.2, -0.15) is 0 Å². The fourth-order valence-electron chi connectivity index (χ4n) is 1.72. The summed E-state index contributed by atoms with van der Waals surface area (Å²) in [5.74, 6) is 0. The molecule has 1 aromatic rings. The molecule has 1 aliphatic heterocycles. The van der Waals surface area contributed by atoms with Crippen LogP contribution >= 0.6 is 11.3 Å². The largest absolute Gasteiger partial charge is 0.385 e. The van der Waals surface area contributed by atoms with E-state index in [1.807, 2.05) is 5.38 Å². The number of aliphatic hydroxyl groups is 1. The lowest BCUT2D eigenvalue weighted by atomic mass is 9.98. The molecule has 2 rings (SSSR count). The summed E-state index contributed by atoms with van der Waals surface area (Å²) in [6, 6.07) is 0.204. The van der Waals surface area contributed by atoms with E-state index in [0.717, 1.165) is 18.7 Å². The summed E-state index contributed by atoms with van der Waals surface area (Å²) in [4.78, 5) is 4.12. The maximum absolute atomic E-state index is 9.92. The second kappa shape index (κ2) is 4.17. The lowest BCUT2D eigenvalue weighted by molar-refractivity contribution is 0.110. The van der Waals surface area contributed by atoms with Crippen molar-refractivity contribution in [1.29, 1.82) is 0 Å². The third-order valence-electron chi connectivity index (χ3n) is 2.48.